The van der Waals surface area contributed by atoms with Crippen molar-refractivity contribution in [2.24, 2.45) is 5.92 Å². The Kier molecular flexibility index (Phi) is 5.86. The summed E-state index contributed by atoms with van der Waals surface area (Å²) >= 11 is 4.94. The maximum atomic E-state index is 12.6. The number of nitro groups is 1. The van der Waals surface area contributed by atoms with Crippen LogP contribution in [0.5, 0.6) is 0 Å². The zero-order valence-electron chi connectivity index (χ0n) is 12.9. The third-order valence-electron chi connectivity index (χ3n) is 4.12. The van der Waals surface area contributed by atoms with Crippen LogP contribution in [0.4, 0.5) is 5.69 Å². The molecule has 0 radical (unpaired) electrons. The molecular weight excluding hydrogens is 316 g/mol. The first-order valence-corrected chi connectivity index (χ1v) is 7.95. The van der Waals surface area contributed by atoms with E-state index in [1.54, 1.807) is 19.2 Å². The molecule has 8 heteroatoms. The molecule has 1 aromatic rings. The number of rotatable bonds is 4. The summed E-state index contributed by atoms with van der Waals surface area (Å²) in [6.07, 6.45) is 4.03. The van der Waals surface area contributed by atoms with E-state index in [0.29, 0.717) is 10.7 Å². The van der Waals surface area contributed by atoms with Crippen LogP contribution in [0.3, 0.4) is 0 Å². The molecule has 1 fully saturated rings. The number of hydrogen-bond acceptors (Lipinski definition) is 4. The minimum atomic E-state index is -0.443. The van der Waals surface area contributed by atoms with Gasteiger partial charge in [-0.05, 0) is 36.5 Å². The zero-order valence-corrected chi connectivity index (χ0v) is 13.7. The van der Waals surface area contributed by atoms with E-state index in [1.807, 2.05) is 0 Å². The predicted octanol–water partition coefficient (Wildman–Crippen LogP) is 1.99. The van der Waals surface area contributed by atoms with E-state index in [4.69, 9.17) is 12.2 Å². The lowest BCUT2D eigenvalue weighted by Crippen LogP contribution is -2.48. The van der Waals surface area contributed by atoms with Crippen molar-refractivity contribution in [1.29, 1.82) is 0 Å². The van der Waals surface area contributed by atoms with Gasteiger partial charge in [0.15, 0.2) is 5.11 Å². The van der Waals surface area contributed by atoms with Crippen LogP contribution in [-0.2, 0) is 4.79 Å². The van der Waals surface area contributed by atoms with E-state index in [0.717, 1.165) is 25.7 Å². The number of carbonyl (C=O) groups is 1. The standard InChI is InChI=1S/C15H20N4O3S/c1-16-15(23)18-17-14(20)13(10-5-2-3-6-10)11-7-4-8-12(9-11)19(21)22/h4,7-10,13H,2-3,5-6H2,1H3,(H,17,20)(H2,16,18,23). The fraction of sp³-hybridized carbons (Fsp3) is 0.467. The minimum Gasteiger partial charge on any atom is -0.364 e. The first-order chi connectivity index (χ1) is 11.0. The topological polar surface area (TPSA) is 96.3 Å². The number of hydrazine groups is 1. The molecule has 0 heterocycles. The molecule has 0 spiro atoms. The third-order valence-corrected chi connectivity index (χ3v) is 4.43. The van der Waals surface area contributed by atoms with E-state index in [1.165, 1.54) is 12.1 Å². The molecule has 124 valence electrons. The third kappa shape index (κ3) is 4.38. The SMILES string of the molecule is CNC(=S)NNC(=O)C(c1cccc([N+](=O)[O-])c1)C1CCCC1. The summed E-state index contributed by atoms with van der Waals surface area (Å²) in [4.78, 5) is 23.1. The summed E-state index contributed by atoms with van der Waals surface area (Å²) in [7, 11) is 1.65. The van der Waals surface area contributed by atoms with Gasteiger partial charge >= 0.3 is 0 Å². The second-order valence-electron chi connectivity index (χ2n) is 5.57. The molecule has 1 aliphatic carbocycles. The van der Waals surface area contributed by atoms with Crippen LogP contribution in [0.2, 0.25) is 0 Å². The van der Waals surface area contributed by atoms with E-state index >= 15 is 0 Å². The fourth-order valence-electron chi connectivity index (χ4n) is 3.02. The van der Waals surface area contributed by atoms with Gasteiger partial charge in [0.2, 0.25) is 5.91 Å². The molecule has 3 N–H and O–H groups in total. The summed E-state index contributed by atoms with van der Waals surface area (Å²) in [6.45, 7) is 0. The van der Waals surface area contributed by atoms with Crippen LogP contribution in [0.1, 0.15) is 37.2 Å². The average Bonchev–Trinajstić information content (AvgIpc) is 3.07. The van der Waals surface area contributed by atoms with Gasteiger partial charge in [-0.2, -0.15) is 0 Å². The Balaban J connectivity index is 2.23. The van der Waals surface area contributed by atoms with Crippen molar-refractivity contribution in [3.05, 3.63) is 39.9 Å². The number of amides is 1. The number of benzene rings is 1. The molecule has 1 aliphatic rings. The van der Waals surface area contributed by atoms with Crippen LogP contribution >= 0.6 is 12.2 Å². The highest BCUT2D eigenvalue weighted by Gasteiger charge is 2.32. The predicted molar refractivity (Wildman–Crippen MR) is 90.7 cm³/mol. The van der Waals surface area contributed by atoms with Crippen molar-refractivity contribution in [2.75, 3.05) is 7.05 Å². The van der Waals surface area contributed by atoms with Crippen molar-refractivity contribution in [3.63, 3.8) is 0 Å². The van der Waals surface area contributed by atoms with Crippen LogP contribution < -0.4 is 16.2 Å². The number of nitro benzene ring substituents is 1. The highest BCUT2D eigenvalue weighted by Crippen LogP contribution is 2.38. The van der Waals surface area contributed by atoms with Crippen molar-refractivity contribution in [1.82, 2.24) is 16.2 Å². The Morgan fingerprint density at radius 2 is 2.04 bits per heavy atom. The smallest absolute Gasteiger partial charge is 0.269 e. The second-order valence-corrected chi connectivity index (χ2v) is 5.98. The number of carbonyl (C=O) groups excluding carboxylic acids is 1. The van der Waals surface area contributed by atoms with Crippen molar-refractivity contribution in [2.45, 2.75) is 31.6 Å². The van der Waals surface area contributed by atoms with Gasteiger partial charge in [0.05, 0.1) is 10.8 Å². The van der Waals surface area contributed by atoms with Crippen LogP contribution in [0.25, 0.3) is 0 Å². The number of hydrogen-bond donors (Lipinski definition) is 3. The van der Waals surface area contributed by atoms with E-state index in [-0.39, 0.29) is 17.5 Å². The first kappa shape index (κ1) is 17.1. The van der Waals surface area contributed by atoms with E-state index < -0.39 is 10.8 Å². The van der Waals surface area contributed by atoms with Gasteiger partial charge in [0.1, 0.15) is 0 Å². The average molecular weight is 336 g/mol. The zero-order chi connectivity index (χ0) is 16.8. The molecule has 1 saturated carbocycles. The molecule has 1 atom stereocenters. The largest absolute Gasteiger partial charge is 0.364 e. The summed E-state index contributed by atoms with van der Waals surface area (Å²) in [5.41, 5.74) is 5.89. The van der Waals surface area contributed by atoms with Gasteiger partial charge in [-0.15, -0.1) is 0 Å². The molecule has 1 aromatic carbocycles. The van der Waals surface area contributed by atoms with E-state index in [2.05, 4.69) is 16.2 Å². The van der Waals surface area contributed by atoms with Gasteiger partial charge in [0.25, 0.3) is 5.69 Å². The Morgan fingerprint density at radius 3 is 2.65 bits per heavy atom. The second kappa shape index (κ2) is 7.87. The quantitative estimate of drug-likeness (QED) is 0.442. The number of non-ortho nitro benzene ring substituents is 1. The molecule has 0 aliphatic heterocycles. The summed E-state index contributed by atoms with van der Waals surface area (Å²) in [5, 5.41) is 14.0. The lowest BCUT2D eigenvalue weighted by Gasteiger charge is -2.23. The molecule has 2 rings (SSSR count). The van der Waals surface area contributed by atoms with Crippen molar-refractivity contribution >= 4 is 28.9 Å². The Hall–Kier alpha value is -2.22. The van der Waals surface area contributed by atoms with E-state index in [9.17, 15) is 14.9 Å². The highest BCUT2D eigenvalue weighted by molar-refractivity contribution is 7.80. The minimum absolute atomic E-state index is 0.00278. The molecular formula is C15H20N4O3S. The van der Waals surface area contributed by atoms with Crippen LogP contribution in [-0.4, -0.2) is 23.0 Å². The maximum absolute atomic E-state index is 12.6. The first-order valence-electron chi connectivity index (χ1n) is 7.55. The molecule has 1 unspecified atom stereocenters. The van der Waals surface area contributed by atoms with Gasteiger partial charge in [-0.25, -0.2) is 0 Å². The molecule has 0 saturated heterocycles. The Bertz CT molecular complexity index is 602. The highest BCUT2D eigenvalue weighted by atomic mass is 32.1. The fourth-order valence-corrected chi connectivity index (χ4v) is 3.07. The maximum Gasteiger partial charge on any atom is 0.269 e. The number of thiocarbonyl (C=S) groups is 1. The molecule has 23 heavy (non-hydrogen) atoms. The summed E-state index contributed by atoms with van der Waals surface area (Å²) < 4.78 is 0. The van der Waals surface area contributed by atoms with Gasteiger partial charge in [-0.3, -0.25) is 25.8 Å². The number of nitrogens with one attached hydrogen (secondary N) is 3. The van der Waals surface area contributed by atoms with Gasteiger partial charge < -0.3 is 5.32 Å². The summed E-state index contributed by atoms with van der Waals surface area (Å²) in [6, 6.07) is 6.31. The Labute approximate surface area is 140 Å². The normalized spacial score (nSPS) is 15.7. The van der Waals surface area contributed by atoms with Gasteiger partial charge in [0, 0.05) is 19.2 Å². The molecule has 0 bridgehead atoms. The lowest BCUT2D eigenvalue weighted by molar-refractivity contribution is -0.384. The number of nitrogens with zero attached hydrogens (tertiary/aromatic N) is 1. The van der Waals surface area contributed by atoms with Crippen LogP contribution in [0, 0.1) is 16.0 Å². The molecule has 1 amide bonds. The van der Waals surface area contributed by atoms with Crippen LogP contribution in [0.15, 0.2) is 24.3 Å². The van der Waals surface area contributed by atoms with Crippen molar-refractivity contribution < 1.29 is 9.72 Å². The summed E-state index contributed by atoms with van der Waals surface area (Å²) in [5.74, 6) is -0.471. The van der Waals surface area contributed by atoms with Crippen molar-refractivity contribution in [3.8, 4) is 0 Å². The molecule has 7 nitrogen and oxygen atoms in total. The monoisotopic (exact) mass is 336 g/mol. The van der Waals surface area contributed by atoms with Gasteiger partial charge in [-0.1, -0.05) is 25.0 Å². The lowest BCUT2D eigenvalue weighted by atomic mass is 9.84. The molecule has 0 aromatic heterocycles. The Morgan fingerprint density at radius 1 is 1.35 bits per heavy atom.